The van der Waals surface area contributed by atoms with Crippen molar-refractivity contribution in [2.24, 2.45) is 0 Å². The van der Waals surface area contributed by atoms with E-state index in [1.54, 1.807) is 36.1 Å². The Labute approximate surface area is 179 Å². The summed E-state index contributed by atoms with van der Waals surface area (Å²) in [5, 5.41) is 2.84. The molecule has 1 N–H and O–H groups in total. The predicted octanol–water partition coefficient (Wildman–Crippen LogP) is 3.94. The van der Waals surface area contributed by atoms with Gasteiger partial charge in [-0.05, 0) is 62.2 Å². The van der Waals surface area contributed by atoms with Crippen LogP contribution in [0, 0.1) is 13.8 Å². The van der Waals surface area contributed by atoms with Gasteiger partial charge >= 0.3 is 0 Å². The highest BCUT2D eigenvalue weighted by molar-refractivity contribution is 9.10. The maximum atomic E-state index is 12.6. The monoisotopic (exact) mass is 460 g/mol. The van der Waals surface area contributed by atoms with Crippen LogP contribution in [0.1, 0.15) is 28.4 Å². The molecule has 2 amide bonds. The zero-order valence-corrected chi connectivity index (χ0v) is 18.4. The Bertz CT molecular complexity index is 886. The summed E-state index contributed by atoms with van der Waals surface area (Å²) in [4.78, 5) is 27.0. The van der Waals surface area contributed by atoms with E-state index in [0.717, 1.165) is 15.6 Å². The van der Waals surface area contributed by atoms with Crippen LogP contribution in [0.15, 0.2) is 40.9 Å². The second-order valence-electron chi connectivity index (χ2n) is 7.10. The summed E-state index contributed by atoms with van der Waals surface area (Å²) in [5.41, 5.74) is 3.01. The Kier molecular flexibility index (Phi) is 6.92. The zero-order valence-electron chi connectivity index (χ0n) is 16.8. The Morgan fingerprint density at radius 2 is 1.79 bits per heavy atom. The predicted molar refractivity (Wildman–Crippen MR) is 116 cm³/mol. The summed E-state index contributed by atoms with van der Waals surface area (Å²) in [7, 11) is 0. The molecule has 0 aromatic heterocycles. The number of ether oxygens (including phenoxy) is 2. The molecule has 6 nitrogen and oxygen atoms in total. The maximum Gasteiger partial charge on any atom is 0.265 e. The number of benzene rings is 2. The number of nitrogens with zero attached hydrogens (tertiary/aromatic N) is 1. The van der Waals surface area contributed by atoms with Crippen LogP contribution in [0.5, 0.6) is 5.75 Å². The first-order valence-corrected chi connectivity index (χ1v) is 10.4. The number of nitrogens with one attached hydrogen (secondary N) is 1. The Hall–Kier alpha value is -2.38. The lowest BCUT2D eigenvalue weighted by atomic mass is 10.1. The number of carbonyl (C=O) groups is 2. The average molecular weight is 461 g/mol. The molecule has 154 valence electrons. The number of aryl methyl sites for hydroxylation is 2. The second-order valence-corrected chi connectivity index (χ2v) is 8.02. The number of hydrogen-bond acceptors (Lipinski definition) is 4. The van der Waals surface area contributed by atoms with E-state index < -0.39 is 6.10 Å². The molecule has 0 spiro atoms. The normalized spacial score (nSPS) is 15.0. The van der Waals surface area contributed by atoms with Crippen LogP contribution in [0.2, 0.25) is 0 Å². The molecule has 7 heteroatoms. The Morgan fingerprint density at radius 3 is 2.45 bits per heavy atom. The van der Waals surface area contributed by atoms with Crippen LogP contribution < -0.4 is 10.1 Å². The zero-order chi connectivity index (χ0) is 21.0. The van der Waals surface area contributed by atoms with Crippen LogP contribution in [-0.4, -0.2) is 49.1 Å². The van der Waals surface area contributed by atoms with Gasteiger partial charge in [-0.1, -0.05) is 22.0 Å². The van der Waals surface area contributed by atoms with Crippen molar-refractivity contribution in [3.8, 4) is 5.75 Å². The van der Waals surface area contributed by atoms with Gasteiger partial charge in [0.25, 0.3) is 11.8 Å². The summed E-state index contributed by atoms with van der Waals surface area (Å²) in [6.07, 6.45) is -0.688. The van der Waals surface area contributed by atoms with Crippen molar-refractivity contribution in [3.63, 3.8) is 0 Å². The van der Waals surface area contributed by atoms with E-state index in [-0.39, 0.29) is 11.8 Å². The van der Waals surface area contributed by atoms with Crippen molar-refractivity contribution in [2.75, 3.05) is 31.6 Å². The minimum atomic E-state index is -0.688. The molecule has 2 aromatic carbocycles. The average Bonchev–Trinajstić information content (AvgIpc) is 2.70. The molecule has 3 rings (SSSR count). The summed E-state index contributed by atoms with van der Waals surface area (Å²) in [6.45, 7) is 7.84. The van der Waals surface area contributed by atoms with Gasteiger partial charge in [-0.25, -0.2) is 0 Å². The molecule has 1 heterocycles. The third-order valence-electron chi connectivity index (χ3n) is 4.76. The van der Waals surface area contributed by atoms with E-state index in [9.17, 15) is 9.59 Å². The van der Waals surface area contributed by atoms with E-state index in [4.69, 9.17) is 9.47 Å². The lowest BCUT2D eigenvalue weighted by Crippen LogP contribution is -2.40. The second kappa shape index (κ2) is 9.41. The fraction of sp³-hybridized carbons (Fsp3) is 0.364. The van der Waals surface area contributed by atoms with Crippen LogP contribution in [-0.2, 0) is 9.53 Å². The minimum absolute atomic E-state index is 0.0604. The summed E-state index contributed by atoms with van der Waals surface area (Å²) >= 11 is 3.46. The van der Waals surface area contributed by atoms with E-state index in [1.165, 1.54) is 0 Å². The summed E-state index contributed by atoms with van der Waals surface area (Å²) in [5.74, 6) is 0.365. The first kappa shape index (κ1) is 21.3. The quantitative estimate of drug-likeness (QED) is 0.733. The Balaban J connectivity index is 1.66. The van der Waals surface area contributed by atoms with Gasteiger partial charge in [0.05, 0.1) is 13.2 Å². The fourth-order valence-corrected chi connectivity index (χ4v) is 3.92. The van der Waals surface area contributed by atoms with Gasteiger partial charge in [0, 0.05) is 28.8 Å². The lowest BCUT2D eigenvalue weighted by Gasteiger charge is -2.27. The molecule has 1 aliphatic heterocycles. The number of hydrogen-bond donors (Lipinski definition) is 1. The molecule has 29 heavy (non-hydrogen) atoms. The van der Waals surface area contributed by atoms with Gasteiger partial charge in [0.1, 0.15) is 5.75 Å². The van der Waals surface area contributed by atoms with Crippen LogP contribution in [0.4, 0.5) is 5.69 Å². The number of amides is 2. The lowest BCUT2D eigenvalue weighted by molar-refractivity contribution is -0.122. The molecule has 1 unspecified atom stereocenters. The van der Waals surface area contributed by atoms with E-state index in [0.29, 0.717) is 43.3 Å². The summed E-state index contributed by atoms with van der Waals surface area (Å²) < 4.78 is 12.2. The largest absolute Gasteiger partial charge is 0.480 e. The van der Waals surface area contributed by atoms with E-state index in [2.05, 4.69) is 21.2 Å². The van der Waals surface area contributed by atoms with Gasteiger partial charge in [0.15, 0.2) is 6.10 Å². The Morgan fingerprint density at radius 1 is 1.14 bits per heavy atom. The molecule has 1 saturated heterocycles. The van der Waals surface area contributed by atoms with Crippen molar-refractivity contribution in [1.29, 1.82) is 0 Å². The number of morpholine rings is 1. The molecule has 0 radical (unpaired) electrons. The molecular weight excluding hydrogens is 436 g/mol. The van der Waals surface area contributed by atoms with Crippen LogP contribution in [0.3, 0.4) is 0 Å². The molecule has 1 aliphatic rings. The van der Waals surface area contributed by atoms with Gasteiger partial charge in [0.2, 0.25) is 0 Å². The first-order chi connectivity index (χ1) is 13.8. The highest BCUT2D eigenvalue weighted by Crippen LogP contribution is 2.28. The standard InChI is InChI=1S/C22H25BrN2O4/c1-14-11-18(23)12-15(2)20(14)29-16(3)21(26)24-19-6-4-5-17(13-19)22(27)25-7-9-28-10-8-25/h4-6,11-13,16H,7-10H2,1-3H3,(H,24,26). The van der Waals surface area contributed by atoms with Crippen molar-refractivity contribution < 1.29 is 19.1 Å². The van der Waals surface area contributed by atoms with Gasteiger partial charge in [-0.15, -0.1) is 0 Å². The van der Waals surface area contributed by atoms with Crippen molar-refractivity contribution >= 4 is 33.4 Å². The highest BCUT2D eigenvalue weighted by atomic mass is 79.9. The minimum Gasteiger partial charge on any atom is -0.480 e. The molecule has 0 saturated carbocycles. The molecule has 2 aromatic rings. The smallest absolute Gasteiger partial charge is 0.265 e. The highest BCUT2D eigenvalue weighted by Gasteiger charge is 2.20. The molecule has 1 fully saturated rings. The summed E-state index contributed by atoms with van der Waals surface area (Å²) in [6, 6.07) is 10.9. The van der Waals surface area contributed by atoms with Crippen molar-refractivity contribution in [1.82, 2.24) is 4.90 Å². The number of rotatable bonds is 5. The number of carbonyl (C=O) groups excluding carboxylic acids is 2. The van der Waals surface area contributed by atoms with Crippen molar-refractivity contribution in [2.45, 2.75) is 26.9 Å². The fourth-order valence-electron chi connectivity index (χ4n) is 3.24. The van der Waals surface area contributed by atoms with Crippen LogP contribution in [0.25, 0.3) is 0 Å². The SMILES string of the molecule is Cc1cc(Br)cc(C)c1OC(C)C(=O)Nc1cccc(C(=O)N2CCOCC2)c1. The third kappa shape index (κ3) is 5.36. The van der Waals surface area contributed by atoms with Crippen molar-refractivity contribution in [3.05, 3.63) is 57.6 Å². The van der Waals surface area contributed by atoms with E-state index >= 15 is 0 Å². The number of halogens is 1. The molecule has 0 aliphatic carbocycles. The maximum absolute atomic E-state index is 12.6. The third-order valence-corrected chi connectivity index (χ3v) is 5.22. The molecule has 0 bridgehead atoms. The topological polar surface area (TPSA) is 67.9 Å². The van der Waals surface area contributed by atoms with Crippen LogP contribution >= 0.6 is 15.9 Å². The first-order valence-electron chi connectivity index (χ1n) is 9.56. The van der Waals surface area contributed by atoms with E-state index in [1.807, 2.05) is 26.0 Å². The number of anilines is 1. The van der Waals surface area contributed by atoms with Gasteiger partial charge in [-0.2, -0.15) is 0 Å². The van der Waals surface area contributed by atoms with Gasteiger partial charge < -0.3 is 19.7 Å². The molecule has 1 atom stereocenters. The molecular formula is C22H25BrN2O4. The van der Waals surface area contributed by atoms with Gasteiger partial charge in [-0.3, -0.25) is 9.59 Å².